The Morgan fingerprint density at radius 2 is 1.84 bits per heavy atom. The molecule has 0 aromatic carbocycles. The Bertz CT molecular complexity index is 711. The van der Waals surface area contributed by atoms with Crippen molar-refractivity contribution in [2.24, 2.45) is 21.1 Å². The molecule has 19 heavy (non-hydrogen) atoms. The Labute approximate surface area is 128 Å². The Morgan fingerprint density at radius 1 is 1.21 bits per heavy atom. The molecule has 6 nitrogen and oxygen atoms in total. The first-order valence-corrected chi connectivity index (χ1v) is 6.13. The molecule has 2 rings (SSSR count). The molecule has 0 aliphatic heterocycles. The van der Waals surface area contributed by atoms with Crippen LogP contribution in [0.1, 0.15) is 19.8 Å². The van der Waals surface area contributed by atoms with Gasteiger partial charge in [-0.1, -0.05) is 13.3 Å². The number of fused-ring (bicyclic) bond motifs is 1. The van der Waals surface area contributed by atoms with Crippen LogP contribution in [0, 0.1) is 0 Å². The molecule has 0 saturated carbocycles. The summed E-state index contributed by atoms with van der Waals surface area (Å²) in [5.74, 6) is 0. The molecule has 0 atom stereocenters. The quantitative estimate of drug-likeness (QED) is 0.415. The molecule has 0 aliphatic carbocycles. The molecule has 7 heteroatoms. The molecule has 2 aromatic heterocycles. The number of aryl methyl sites for hydroxylation is 3. The highest BCUT2D eigenvalue weighted by Gasteiger charge is 2.22. The summed E-state index contributed by atoms with van der Waals surface area (Å²) in [6.07, 6.45) is 3.95. The summed E-state index contributed by atoms with van der Waals surface area (Å²) in [5.41, 5.74) is 0.732. The highest BCUT2D eigenvalue weighted by molar-refractivity contribution is 5.66. The third-order valence-corrected chi connectivity index (χ3v) is 3.30. The second kappa shape index (κ2) is 5.89. The van der Waals surface area contributed by atoms with E-state index in [1.807, 2.05) is 22.5 Å². The first-order chi connectivity index (χ1) is 8.49. The van der Waals surface area contributed by atoms with Gasteiger partial charge in [0.05, 0.1) is 20.6 Å². The summed E-state index contributed by atoms with van der Waals surface area (Å²) < 4.78 is 6.43. The van der Waals surface area contributed by atoms with Gasteiger partial charge in [-0.05, 0) is 6.42 Å². The smallest absolute Gasteiger partial charge is 0.388 e. The van der Waals surface area contributed by atoms with E-state index in [0.717, 1.165) is 24.0 Å². The van der Waals surface area contributed by atoms with Crippen LogP contribution in [0.25, 0.3) is 11.2 Å². The molecule has 0 unspecified atom stereocenters. The standard InChI is InChI=1S/C12H19N4O2.HI/c1-5-6-7-16-8-13(2)10-9(16)11(17)15(4)12(18)14(10)3;/h8H,5-7H2,1-4H3;1H/q+1;/p-1. The number of nitrogens with zero attached hydrogens (tertiary/aromatic N) is 4. The maximum atomic E-state index is 12.2. The van der Waals surface area contributed by atoms with E-state index >= 15 is 0 Å². The van der Waals surface area contributed by atoms with E-state index in [-0.39, 0.29) is 35.2 Å². The van der Waals surface area contributed by atoms with Crippen LogP contribution in [0.3, 0.4) is 0 Å². The highest BCUT2D eigenvalue weighted by atomic mass is 127. The van der Waals surface area contributed by atoms with Gasteiger partial charge in [0, 0.05) is 7.05 Å². The predicted octanol–water partition coefficient (Wildman–Crippen LogP) is -3.33. The fraction of sp³-hybridized carbons (Fsp3) is 0.583. The van der Waals surface area contributed by atoms with Crippen LogP contribution in [0.15, 0.2) is 15.9 Å². The minimum Gasteiger partial charge on any atom is -1.00 e. The maximum Gasteiger partial charge on any atom is 0.388 e. The van der Waals surface area contributed by atoms with Gasteiger partial charge in [0.25, 0.3) is 5.65 Å². The average molecular weight is 378 g/mol. The van der Waals surface area contributed by atoms with Gasteiger partial charge in [0.1, 0.15) is 0 Å². The highest BCUT2D eigenvalue weighted by Crippen LogP contribution is 2.05. The normalized spacial score (nSPS) is 10.7. The molecule has 2 aromatic rings. The van der Waals surface area contributed by atoms with E-state index in [4.69, 9.17) is 0 Å². The molecular weight excluding hydrogens is 359 g/mol. The molecule has 0 bridgehead atoms. The van der Waals surface area contributed by atoms with E-state index in [2.05, 4.69) is 6.92 Å². The number of rotatable bonds is 3. The maximum absolute atomic E-state index is 12.2. The van der Waals surface area contributed by atoms with Crippen molar-refractivity contribution in [3.63, 3.8) is 0 Å². The van der Waals surface area contributed by atoms with Crippen molar-refractivity contribution in [1.29, 1.82) is 0 Å². The van der Waals surface area contributed by atoms with Crippen LogP contribution in [-0.4, -0.2) is 13.7 Å². The molecule has 0 spiro atoms. The van der Waals surface area contributed by atoms with E-state index in [0.29, 0.717) is 11.2 Å². The molecule has 0 amide bonds. The number of aromatic nitrogens is 4. The van der Waals surface area contributed by atoms with Crippen molar-refractivity contribution in [3.05, 3.63) is 27.2 Å². The van der Waals surface area contributed by atoms with Crippen LogP contribution in [0.4, 0.5) is 0 Å². The van der Waals surface area contributed by atoms with E-state index < -0.39 is 0 Å². The topological polar surface area (TPSA) is 52.8 Å². The molecule has 106 valence electrons. The zero-order valence-electron chi connectivity index (χ0n) is 11.7. The zero-order chi connectivity index (χ0) is 13.4. The molecule has 0 N–H and O–H groups in total. The average Bonchev–Trinajstić information content (AvgIpc) is 2.68. The van der Waals surface area contributed by atoms with Gasteiger partial charge in [-0.3, -0.25) is 9.36 Å². The second-order valence-electron chi connectivity index (χ2n) is 4.65. The molecule has 0 aliphatic rings. The first kappa shape index (κ1) is 15.9. The summed E-state index contributed by atoms with van der Waals surface area (Å²) >= 11 is 0. The lowest BCUT2D eigenvalue weighted by Crippen LogP contribution is -3.00. The van der Waals surface area contributed by atoms with Crippen molar-refractivity contribution < 1.29 is 28.5 Å². The summed E-state index contributed by atoms with van der Waals surface area (Å²) in [6.45, 7) is 2.90. The fourth-order valence-electron chi connectivity index (χ4n) is 2.29. The minimum absolute atomic E-state index is 0. The minimum atomic E-state index is -0.295. The molecule has 0 saturated heterocycles. The van der Waals surface area contributed by atoms with E-state index in [1.165, 1.54) is 11.6 Å². The van der Waals surface area contributed by atoms with Crippen LogP contribution in [0.5, 0.6) is 0 Å². The van der Waals surface area contributed by atoms with Crippen molar-refractivity contribution in [1.82, 2.24) is 13.7 Å². The van der Waals surface area contributed by atoms with Gasteiger partial charge in [0.2, 0.25) is 5.52 Å². The number of imidazole rings is 1. The Kier molecular flexibility index (Phi) is 4.94. The van der Waals surface area contributed by atoms with E-state index in [1.54, 1.807) is 7.05 Å². The van der Waals surface area contributed by atoms with Gasteiger partial charge in [0.15, 0.2) is 6.33 Å². The van der Waals surface area contributed by atoms with Crippen LogP contribution in [0.2, 0.25) is 0 Å². The van der Waals surface area contributed by atoms with Gasteiger partial charge in [-0.25, -0.2) is 18.5 Å². The van der Waals surface area contributed by atoms with Gasteiger partial charge in [-0.2, -0.15) is 0 Å². The number of hydrogen-bond donors (Lipinski definition) is 0. The molecule has 2 heterocycles. The zero-order valence-corrected chi connectivity index (χ0v) is 13.8. The monoisotopic (exact) mass is 378 g/mol. The molecule has 0 radical (unpaired) electrons. The summed E-state index contributed by atoms with van der Waals surface area (Å²) in [7, 11) is 5.05. The lowest BCUT2D eigenvalue weighted by Gasteiger charge is -2.00. The predicted molar refractivity (Wildman–Crippen MR) is 68.5 cm³/mol. The Balaban J connectivity index is 0.00000180. The summed E-state index contributed by atoms with van der Waals surface area (Å²) in [5, 5.41) is 0. The fourth-order valence-corrected chi connectivity index (χ4v) is 2.29. The molecule has 0 fully saturated rings. The van der Waals surface area contributed by atoms with Crippen molar-refractivity contribution in [3.8, 4) is 0 Å². The Morgan fingerprint density at radius 3 is 2.42 bits per heavy atom. The third kappa shape index (κ3) is 2.47. The number of halogens is 1. The second-order valence-corrected chi connectivity index (χ2v) is 4.65. The molecular formula is C12H19IN4O2. The van der Waals surface area contributed by atoms with Crippen LogP contribution in [-0.2, 0) is 27.7 Å². The van der Waals surface area contributed by atoms with Crippen molar-refractivity contribution in [2.75, 3.05) is 0 Å². The summed E-state index contributed by atoms with van der Waals surface area (Å²) in [6, 6.07) is 0. The first-order valence-electron chi connectivity index (χ1n) is 6.13. The largest absolute Gasteiger partial charge is 1.00 e. The van der Waals surface area contributed by atoms with Crippen LogP contribution >= 0.6 is 0 Å². The SMILES string of the molecule is CCCCn1c[n+](C)c2c1c(=O)n(C)c(=O)n2C.[I-]. The van der Waals surface area contributed by atoms with Gasteiger partial charge < -0.3 is 24.0 Å². The number of hydrogen-bond acceptors (Lipinski definition) is 2. The number of unbranched alkanes of at least 4 members (excludes halogenated alkanes) is 1. The lowest BCUT2D eigenvalue weighted by atomic mass is 10.3. The Hall–Kier alpha value is -1.12. The van der Waals surface area contributed by atoms with Crippen LogP contribution < -0.4 is 39.8 Å². The van der Waals surface area contributed by atoms with Gasteiger partial charge in [-0.15, -0.1) is 0 Å². The van der Waals surface area contributed by atoms with E-state index in [9.17, 15) is 9.59 Å². The van der Waals surface area contributed by atoms with Crippen molar-refractivity contribution in [2.45, 2.75) is 26.3 Å². The summed E-state index contributed by atoms with van der Waals surface area (Å²) in [4.78, 5) is 24.1. The van der Waals surface area contributed by atoms with Gasteiger partial charge >= 0.3 is 11.2 Å². The van der Waals surface area contributed by atoms with Crippen molar-refractivity contribution >= 4 is 11.2 Å². The third-order valence-electron chi connectivity index (χ3n) is 3.30. The lowest BCUT2D eigenvalue weighted by molar-refractivity contribution is -0.648.